The van der Waals surface area contributed by atoms with Gasteiger partial charge in [0.1, 0.15) is 0 Å². The van der Waals surface area contributed by atoms with Crippen LogP contribution >= 0.6 is 11.8 Å². The summed E-state index contributed by atoms with van der Waals surface area (Å²) in [6.07, 6.45) is 0. The molecule has 0 bridgehead atoms. The second kappa shape index (κ2) is 7.30. The van der Waals surface area contributed by atoms with Crippen LogP contribution in [0.5, 0.6) is 0 Å². The van der Waals surface area contributed by atoms with Gasteiger partial charge in [0.25, 0.3) is 0 Å². The van der Waals surface area contributed by atoms with Crippen LogP contribution in [0.25, 0.3) is 0 Å². The number of thioether (sulfide) groups is 1. The molecule has 0 fully saturated rings. The van der Waals surface area contributed by atoms with Gasteiger partial charge in [0.05, 0.1) is 12.4 Å². The summed E-state index contributed by atoms with van der Waals surface area (Å²) in [4.78, 5) is 0. The molecular weight excluding hydrogens is 220 g/mol. The van der Waals surface area contributed by atoms with Crippen molar-refractivity contribution in [2.75, 3.05) is 25.2 Å². The molecule has 0 heterocycles. The molecule has 1 unspecified atom stereocenters. The van der Waals surface area contributed by atoms with Gasteiger partial charge in [0.15, 0.2) is 0 Å². The first-order valence-corrected chi connectivity index (χ1v) is 6.36. The Morgan fingerprint density at radius 2 is 2.12 bits per heavy atom. The maximum absolute atomic E-state index is 7.60. The summed E-state index contributed by atoms with van der Waals surface area (Å²) in [5.74, 6) is 2.02. The van der Waals surface area contributed by atoms with Gasteiger partial charge < -0.3 is 10.5 Å². The molecule has 1 aromatic rings. The Balaban J connectivity index is 2.52. The van der Waals surface area contributed by atoms with Gasteiger partial charge in [-0.25, -0.2) is 0 Å². The molecule has 0 saturated heterocycles. The number of hydrogen-bond donors (Lipinski definition) is 2. The van der Waals surface area contributed by atoms with E-state index in [9.17, 15) is 0 Å². The second-order valence-corrected chi connectivity index (χ2v) is 4.64. The third-order valence-corrected chi connectivity index (χ3v) is 3.32. The summed E-state index contributed by atoms with van der Waals surface area (Å²) in [5, 5.41) is 7.60. The lowest BCUT2D eigenvalue weighted by atomic mass is 10.0. The highest BCUT2D eigenvalue weighted by molar-refractivity contribution is 7.99. The summed E-state index contributed by atoms with van der Waals surface area (Å²) >= 11 is 1.76. The highest BCUT2D eigenvalue weighted by Gasteiger charge is 2.14. The van der Waals surface area contributed by atoms with Gasteiger partial charge in [-0.3, -0.25) is 5.41 Å². The van der Waals surface area contributed by atoms with Crippen molar-refractivity contribution in [3.05, 3.63) is 35.9 Å². The van der Waals surface area contributed by atoms with Crippen molar-refractivity contribution in [3.63, 3.8) is 0 Å². The van der Waals surface area contributed by atoms with Crippen LogP contribution in [0, 0.1) is 5.41 Å². The third-order valence-electron chi connectivity index (χ3n) is 2.29. The highest BCUT2D eigenvalue weighted by atomic mass is 32.2. The molecule has 0 spiro atoms. The predicted octanol–water partition coefficient (Wildman–Crippen LogP) is 2.09. The Morgan fingerprint density at radius 3 is 2.69 bits per heavy atom. The zero-order chi connectivity index (χ0) is 11.8. The van der Waals surface area contributed by atoms with Gasteiger partial charge in [-0.2, -0.15) is 11.8 Å². The highest BCUT2D eigenvalue weighted by Crippen LogP contribution is 2.20. The average molecular weight is 238 g/mol. The molecule has 0 amide bonds. The molecule has 0 saturated carbocycles. The van der Waals surface area contributed by atoms with E-state index in [1.165, 1.54) is 0 Å². The first-order valence-electron chi connectivity index (χ1n) is 5.21. The average Bonchev–Trinajstić information content (AvgIpc) is 2.30. The smallest absolute Gasteiger partial charge is 0.0990 e. The van der Waals surface area contributed by atoms with Gasteiger partial charge >= 0.3 is 0 Å². The maximum atomic E-state index is 7.60. The van der Waals surface area contributed by atoms with Crippen molar-refractivity contribution in [1.82, 2.24) is 0 Å². The number of ether oxygens (including phenoxy) is 1. The lowest BCUT2D eigenvalue weighted by Gasteiger charge is -2.15. The van der Waals surface area contributed by atoms with Gasteiger partial charge in [-0.1, -0.05) is 30.3 Å². The topological polar surface area (TPSA) is 59.1 Å². The molecule has 1 atom stereocenters. The minimum Gasteiger partial charge on any atom is -0.387 e. The zero-order valence-electron chi connectivity index (χ0n) is 9.48. The Hall–Kier alpha value is -1.00. The van der Waals surface area contributed by atoms with Crippen LogP contribution in [-0.2, 0) is 4.74 Å². The lowest BCUT2D eigenvalue weighted by Crippen LogP contribution is -2.22. The molecule has 3 nitrogen and oxygen atoms in total. The molecule has 88 valence electrons. The Kier molecular flexibility index (Phi) is 5.96. The van der Waals surface area contributed by atoms with Crippen molar-refractivity contribution in [3.8, 4) is 0 Å². The third kappa shape index (κ3) is 4.24. The standard InChI is InChI=1S/C12H18N2OS/c1-15-7-8-16-9-11(12(13)14)10-5-3-2-4-6-10/h2-6,11H,7-9H2,1H3,(H3,13,14). The monoisotopic (exact) mass is 238 g/mol. The van der Waals surface area contributed by atoms with E-state index in [4.69, 9.17) is 15.9 Å². The van der Waals surface area contributed by atoms with Crippen molar-refractivity contribution < 1.29 is 4.74 Å². The lowest BCUT2D eigenvalue weighted by molar-refractivity contribution is 0.218. The van der Waals surface area contributed by atoms with E-state index in [1.807, 2.05) is 30.3 Å². The van der Waals surface area contributed by atoms with Crippen LogP contribution in [0.1, 0.15) is 11.5 Å². The fourth-order valence-corrected chi connectivity index (χ4v) is 2.45. The number of amidine groups is 1. The molecule has 0 aliphatic carbocycles. The van der Waals surface area contributed by atoms with Gasteiger partial charge in [-0.05, 0) is 5.56 Å². The minimum atomic E-state index is 0.0167. The number of nitrogens with one attached hydrogen (secondary N) is 1. The molecule has 1 aromatic carbocycles. The van der Waals surface area contributed by atoms with E-state index in [0.29, 0.717) is 0 Å². The van der Waals surface area contributed by atoms with Gasteiger partial charge in [0, 0.05) is 24.5 Å². The van der Waals surface area contributed by atoms with Crippen molar-refractivity contribution in [2.45, 2.75) is 5.92 Å². The summed E-state index contributed by atoms with van der Waals surface area (Å²) in [7, 11) is 1.69. The van der Waals surface area contributed by atoms with E-state index < -0.39 is 0 Å². The fourth-order valence-electron chi connectivity index (χ4n) is 1.39. The molecule has 1 rings (SSSR count). The molecule has 3 N–H and O–H groups in total. The number of rotatable bonds is 7. The zero-order valence-corrected chi connectivity index (χ0v) is 10.3. The van der Waals surface area contributed by atoms with Crippen LogP contribution in [0.4, 0.5) is 0 Å². The van der Waals surface area contributed by atoms with E-state index in [0.717, 1.165) is 23.7 Å². The normalized spacial score (nSPS) is 12.3. The van der Waals surface area contributed by atoms with Crippen molar-refractivity contribution in [1.29, 1.82) is 5.41 Å². The van der Waals surface area contributed by atoms with Crippen molar-refractivity contribution in [2.24, 2.45) is 5.73 Å². The van der Waals surface area contributed by atoms with Crippen LogP contribution in [-0.4, -0.2) is 31.1 Å². The summed E-state index contributed by atoms with van der Waals surface area (Å²) in [5.41, 5.74) is 6.73. The predicted molar refractivity (Wildman–Crippen MR) is 70.3 cm³/mol. The Morgan fingerprint density at radius 1 is 1.44 bits per heavy atom. The first-order chi connectivity index (χ1) is 7.75. The molecular formula is C12H18N2OS. The summed E-state index contributed by atoms with van der Waals surface area (Å²) in [6.45, 7) is 0.740. The number of benzene rings is 1. The molecule has 0 aliphatic rings. The molecule has 0 aliphatic heterocycles. The Bertz CT molecular complexity index is 316. The minimum absolute atomic E-state index is 0.0167. The number of methoxy groups -OCH3 is 1. The van der Waals surface area contributed by atoms with Gasteiger partial charge in [0.2, 0.25) is 0 Å². The SMILES string of the molecule is COCCSCC(C(=N)N)c1ccccc1. The van der Waals surface area contributed by atoms with E-state index in [1.54, 1.807) is 18.9 Å². The van der Waals surface area contributed by atoms with Gasteiger partial charge in [-0.15, -0.1) is 0 Å². The molecule has 0 aromatic heterocycles. The van der Waals surface area contributed by atoms with E-state index >= 15 is 0 Å². The van der Waals surface area contributed by atoms with Crippen LogP contribution in [0.3, 0.4) is 0 Å². The largest absolute Gasteiger partial charge is 0.387 e. The van der Waals surface area contributed by atoms with Crippen LogP contribution in [0.15, 0.2) is 30.3 Å². The van der Waals surface area contributed by atoms with Crippen molar-refractivity contribution >= 4 is 17.6 Å². The fraction of sp³-hybridized carbons (Fsp3) is 0.417. The molecule has 4 heteroatoms. The number of nitrogens with two attached hydrogens (primary N) is 1. The second-order valence-electron chi connectivity index (χ2n) is 3.49. The Labute approximate surface area is 101 Å². The van der Waals surface area contributed by atoms with Crippen LogP contribution < -0.4 is 5.73 Å². The van der Waals surface area contributed by atoms with E-state index in [-0.39, 0.29) is 11.8 Å². The summed E-state index contributed by atoms with van der Waals surface area (Å²) < 4.78 is 4.98. The quantitative estimate of drug-likeness (QED) is 0.434. The van der Waals surface area contributed by atoms with Crippen LogP contribution in [0.2, 0.25) is 0 Å². The number of hydrogen-bond acceptors (Lipinski definition) is 3. The maximum Gasteiger partial charge on any atom is 0.0990 e. The van der Waals surface area contributed by atoms with E-state index in [2.05, 4.69) is 0 Å². The summed E-state index contributed by atoms with van der Waals surface area (Å²) in [6, 6.07) is 9.96. The molecule has 16 heavy (non-hydrogen) atoms. The molecule has 0 radical (unpaired) electrons. The first kappa shape index (κ1) is 13.1.